The predicted octanol–water partition coefficient (Wildman–Crippen LogP) is 1.23. The number of methoxy groups -OCH3 is 1. The monoisotopic (exact) mass is 207 g/mol. The van der Waals surface area contributed by atoms with Gasteiger partial charge in [0.15, 0.2) is 0 Å². The summed E-state index contributed by atoms with van der Waals surface area (Å²) < 4.78 is 4.54. The molecular weight excluding hydrogens is 194 g/mol. The second kappa shape index (κ2) is 4.25. The van der Waals surface area contributed by atoms with E-state index in [1.54, 1.807) is 12.3 Å². The maximum atomic E-state index is 11.2. The van der Waals surface area contributed by atoms with Crippen molar-refractivity contribution < 1.29 is 9.53 Å². The molecule has 0 amide bonds. The van der Waals surface area contributed by atoms with Gasteiger partial charge in [-0.25, -0.2) is 14.8 Å². The lowest BCUT2D eigenvalue weighted by atomic mass is 9.93. The van der Waals surface area contributed by atoms with Gasteiger partial charge in [0.25, 0.3) is 0 Å². The van der Waals surface area contributed by atoms with E-state index in [-0.39, 0.29) is 5.82 Å². The number of rotatable bonds is 3. The van der Waals surface area contributed by atoms with Gasteiger partial charge < -0.3 is 10.1 Å². The fourth-order valence-corrected chi connectivity index (χ4v) is 1.39. The van der Waals surface area contributed by atoms with Gasteiger partial charge in [0, 0.05) is 12.2 Å². The highest BCUT2D eigenvalue weighted by Gasteiger charge is 2.18. The van der Waals surface area contributed by atoms with E-state index in [2.05, 4.69) is 20.0 Å². The Hall–Kier alpha value is -1.65. The molecule has 5 heteroatoms. The van der Waals surface area contributed by atoms with Gasteiger partial charge in [-0.3, -0.25) is 0 Å². The van der Waals surface area contributed by atoms with Crippen LogP contribution in [0.25, 0.3) is 0 Å². The Morgan fingerprint density at radius 2 is 2.40 bits per heavy atom. The van der Waals surface area contributed by atoms with Gasteiger partial charge in [0.2, 0.25) is 5.82 Å². The minimum Gasteiger partial charge on any atom is -0.463 e. The van der Waals surface area contributed by atoms with Gasteiger partial charge in [0.05, 0.1) is 7.11 Å². The number of nitrogens with one attached hydrogen (secondary N) is 1. The first-order valence-corrected chi connectivity index (χ1v) is 4.97. The maximum Gasteiger partial charge on any atom is 0.376 e. The van der Waals surface area contributed by atoms with Crippen LogP contribution in [0, 0.1) is 0 Å². The lowest BCUT2D eigenvalue weighted by Crippen LogP contribution is -2.27. The molecule has 0 aromatic carbocycles. The first-order valence-electron chi connectivity index (χ1n) is 4.97. The molecule has 0 spiro atoms. The van der Waals surface area contributed by atoms with E-state index < -0.39 is 5.97 Å². The third-order valence-corrected chi connectivity index (χ3v) is 2.48. The number of ether oxygens (including phenoxy) is 1. The summed E-state index contributed by atoms with van der Waals surface area (Å²) in [5, 5.41) is 3.24. The van der Waals surface area contributed by atoms with Crippen LogP contribution in [-0.4, -0.2) is 29.1 Å². The topological polar surface area (TPSA) is 64.1 Å². The number of aromatic nitrogens is 2. The average Bonchev–Trinajstić information content (AvgIpc) is 2.23. The van der Waals surface area contributed by atoms with Crippen LogP contribution in [0.15, 0.2) is 12.3 Å². The van der Waals surface area contributed by atoms with Crippen molar-refractivity contribution in [2.75, 3.05) is 12.4 Å². The molecule has 0 bridgehead atoms. The normalized spacial score (nSPS) is 15.5. The number of carbonyl (C=O) groups excluding carboxylic acids is 1. The molecule has 1 aliphatic rings. The summed E-state index contributed by atoms with van der Waals surface area (Å²) in [7, 11) is 1.32. The highest BCUT2D eigenvalue weighted by atomic mass is 16.5. The number of esters is 1. The molecule has 0 saturated heterocycles. The molecule has 2 rings (SSSR count). The molecule has 0 unspecified atom stereocenters. The minimum absolute atomic E-state index is 0.0989. The van der Waals surface area contributed by atoms with Crippen LogP contribution < -0.4 is 5.32 Å². The number of hydrogen-bond acceptors (Lipinski definition) is 5. The van der Waals surface area contributed by atoms with Gasteiger partial charge in [-0.15, -0.1) is 0 Å². The minimum atomic E-state index is -0.507. The zero-order chi connectivity index (χ0) is 10.7. The Labute approximate surface area is 87.9 Å². The zero-order valence-corrected chi connectivity index (χ0v) is 8.56. The van der Waals surface area contributed by atoms with E-state index in [0.29, 0.717) is 11.9 Å². The number of nitrogens with zero attached hydrogens (tertiary/aromatic N) is 2. The number of anilines is 1. The Morgan fingerprint density at radius 1 is 1.60 bits per heavy atom. The van der Waals surface area contributed by atoms with Crippen LogP contribution in [0.2, 0.25) is 0 Å². The largest absolute Gasteiger partial charge is 0.463 e. The molecule has 1 aliphatic carbocycles. The van der Waals surface area contributed by atoms with Crippen molar-refractivity contribution >= 4 is 11.8 Å². The van der Waals surface area contributed by atoms with Crippen LogP contribution in [0.3, 0.4) is 0 Å². The predicted molar refractivity (Wildman–Crippen MR) is 54.6 cm³/mol. The Bertz CT molecular complexity index is 363. The second-order valence-corrected chi connectivity index (χ2v) is 3.53. The second-order valence-electron chi connectivity index (χ2n) is 3.53. The lowest BCUT2D eigenvalue weighted by Gasteiger charge is -2.26. The van der Waals surface area contributed by atoms with Crippen molar-refractivity contribution in [3.63, 3.8) is 0 Å². The van der Waals surface area contributed by atoms with Gasteiger partial charge in [-0.1, -0.05) is 0 Å². The molecule has 0 aliphatic heterocycles. The van der Waals surface area contributed by atoms with E-state index >= 15 is 0 Å². The van der Waals surface area contributed by atoms with E-state index in [1.807, 2.05) is 0 Å². The van der Waals surface area contributed by atoms with Crippen LogP contribution in [-0.2, 0) is 4.74 Å². The van der Waals surface area contributed by atoms with E-state index in [9.17, 15) is 4.79 Å². The molecule has 0 atom stereocenters. The quantitative estimate of drug-likeness (QED) is 0.755. The van der Waals surface area contributed by atoms with Crippen molar-refractivity contribution in [2.24, 2.45) is 0 Å². The fourth-order valence-electron chi connectivity index (χ4n) is 1.39. The summed E-state index contributed by atoms with van der Waals surface area (Å²) in [5.74, 6) is 0.282. The first-order chi connectivity index (χ1) is 7.29. The summed E-state index contributed by atoms with van der Waals surface area (Å²) in [6.07, 6.45) is 5.14. The number of carbonyl (C=O) groups is 1. The molecule has 1 heterocycles. The smallest absolute Gasteiger partial charge is 0.376 e. The van der Waals surface area contributed by atoms with Crippen molar-refractivity contribution in [2.45, 2.75) is 25.3 Å². The molecule has 1 saturated carbocycles. The summed E-state index contributed by atoms with van der Waals surface area (Å²) in [6.45, 7) is 0. The molecule has 15 heavy (non-hydrogen) atoms. The molecule has 1 aromatic rings. The molecule has 80 valence electrons. The van der Waals surface area contributed by atoms with Crippen LogP contribution in [0.5, 0.6) is 0 Å². The highest BCUT2D eigenvalue weighted by Crippen LogP contribution is 2.21. The SMILES string of the molecule is COC(=O)c1nccc(NC2CCC2)n1. The molecule has 5 nitrogen and oxygen atoms in total. The molecular formula is C10H13N3O2. The molecule has 1 aromatic heterocycles. The van der Waals surface area contributed by atoms with Gasteiger partial charge >= 0.3 is 5.97 Å². The third kappa shape index (κ3) is 2.23. The summed E-state index contributed by atoms with van der Waals surface area (Å²) in [5.41, 5.74) is 0. The van der Waals surface area contributed by atoms with Gasteiger partial charge in [0.1, 0.15) is 5.82 Å². The standard InChI is InChI=1S/C10H13N3O2/c1-15-10(14)9-11-6-5-8(13-9)12-7-3-2-4-7/h5-7H,2-4H2,1H3,(H,11,12,13). The lowest BCUT2D eigenvalue weighted by molar-refractivity contribution is 0.0587. The molecule has 1 N–H and O–H groups in total. The van der Waals surface area contributed by atoms with Gasteiger partial charge in [-0.2, -0.15) is 0 Å². The van der Waals surface area contributed by atoms with Crippen molar-refractivity contribution in [1.82, 2.24) is 9.97 Å². The van der Waals surface area contributed by atoms with Crippen LogP contribution in [0.4, 0.5) is 5.82 Å². The molecule has 1 fully saturated rings. The average molecular weight is 207 g/mol. The first kappa shape index (κ1) is 9.89. The van der Waals surface area contributed by atoms with E-state index in [0.717, 1.165) is 12.8 Å². The van der Waals surface area contributed by atoms with E-state index in [4.69, 9.17) is 0 Å². The fraction of sp³-hybridized carbons (Fsp3) is 0.500. The summed E-state index contributed by atoms with van der Waals surface area (Å²) >= 11 is 0. The maximum absolute atomic E-state index is 11.2. The zero-order valence-electron chi connectivity index (χ0n) is 8.56. The van der Waals surface area contributed by atoms with E-state index in [1.165, 1.54) is 13.5 Å². The van der Waals surface area contributed by atoms with Crippen LogP contribution in [0.1, 0.15) is 29.9 Å². The Kier molecular flexibility index (Phi) is 2.80. The van der Waals surface area contributed by atoms with Crippen LogP contribution >= 0.6 is 0 Å². The Morgan fingerprint density at radius 3 is 3.00 bits per heavy atom. The highest BCUT2D eigenvalue weighted by molar-refractivity contribution is 5.85. The Balaban J connectivity index is 2.07. The van der Waals surface area contributed by atoms with Gasteiger partial charge in [-0.05, 0) is 25.3 Å². The summed E-state index contributed by atoms with van der Waals surface area (Å²) in [6, 6.07) is 2.25. The van der Waals surface area contributed by atoms with Crippen molar-refractivity contribution in [3.05, 3.63) is 18.1 Å². The number of hydrogen-bond donors (Lipinski definition) is 1. The van der Waals surface area contributed by atoms with Crippen molar-refractivity contribution in [1.29, 1.82) is 0 Å². The summed E-state index contributed by atoms with van der Waals surface area (Å²) in [4.78, 5) is 19.1. The van der Waals surface area contributed by atoms with Crippen molar-refractivity contribution in [3.8, 4) is 0 Å². The molecule has 0 radical (unpaired) electrons. The third-order valence-electron chi connectivity index (χ3n) is 2.48.